The van der Waals surface area contributed by atoms with Crippen LogP contribution >= 0.6 is 0 Å². The molecule has 0 aromatic heterocycles. The summed E-state index contributed by atoms with van der Waals surface area (Å²) >= 11 is 0. The van der Waals surface area contributed by atoms with Crippen molar-refractivity contribution in [2.75, 3.05) is 13.2 Å². The zero-order chi connectivity index (χ0) is 42.5. The molecule has 0 spiro atoms. The Balaban J connectivity index is 2.36. The molecule has 10 nitrogen and oxygen atoms in total. The zero-order valence-electron chi connectivity index (χ0n) is 37.2. The molecular weight excluding hydrogens is 735 g/mol. The van der Waals surface area contributed by atoms with Crippen LogP contribution in [-0.2, 0) is 14.3 Å². The van der Waals surface area contributed by atoms with Gasteiger partial charge in [-0.2, -0.15) is 0 Å². The fourth-order valence-electron chi connectivity index (χ4n) is 7.65. The average molecular weight is 826 g/mol. The van der Waals surface area contributed by atoms with Crippen LogP contribution in [0.3, 0.4) is 0 Å². The fraction of sp³-hybridized carbons (Fsp3) is 0.896. The van der Waals surface area contributed by atoms with E-state index in [-0.39, 0.29) is 6.61 Å². The molecule has 1 amide bonds. The van der Waals surface area contributed by atoms with E-state index in [4.69, 9.17) is 9.47 Å². The molecule has 1 fully saturated rings. The minimum atomic E-state index is -1.61. The SMILES string of the molecule is CCCCCCCCC/C=C/CC/C=C/C(O)C(CO[C@@H]1OC(CO)[C@@H](O)[C@@H](O)C1O)NC(=O)C(O)CCCCCCCCCCCCCCCCCCCCCC. The van der Waals surface area contributed by atoms with Gasteiger partial charge in [0.25, 0.3) is 0 Å². The van der Waals surface area contributed by atoms with Gasteiger partial charge in [0.15, 0.2) is 6.29 Å². The van der Waals surface area contributed by atoms with Gasteiger partial charge in [0.2, 0.25) is 5.91 Å². The summed E-state index contributed by atoms with van der Waals surface area (Å²) in [5.41, 5.74) is 0. The third-order valence-corrected chi connectivity index (χ3v) is 11.6. The first-order valence-electron chi connectivity index (χ1n) is 24.2. The lowest BCUT2D eigenvalue weighted by Gasteiger charge is -2.40. The number of nitrogens with one attached hydrogen (secondary N) is 1. The van der Waals surface area contributed by atoms with Crippen molar-refractivity contribution in [2.45, 2.75) is 262 Å². The summed E-state index contributed by atoms with van der Waals surface area (Å²) in [5.74, 6) is -0.624. The third kappa shape index (κ3) is 28.2. The molecule has 1 rings (SSSR count). The maximum Gasteiger partial charge on any atom is 0.249 e. The topological polar surface area (TPSA) is 169 Å². The van der Waals surface area contributed by atoms with Crippen molar-refractivity contribution in [3.8, 4) is 0 Å². The van der Waals surface area contributed by atoms with E-state index in [0.29, 0.717) is 19.3 Å². The lowest BCUT2D eigenvalue weighted by Crippen LogP contribution is -2.60. The predicted octanol–water partition coefficient (Wildman–Crippen LogP) is 9.25. The van der Waals surface area contributed by atoms with Gasteiger partial charge in [-0.1, -0.05) is 205 Å². The highest BCUT2D eigenvalue weighted by Crippen LogP contribution is 2.23. The molecule has 58 heavy (non-hydrogen) atoms. The van der Waals surface area contributed by atoms with Crippen molar-refractivity contribution in [3.05, 3.63) is 24.3 Å². The van der Waals surface area contributed by atoms with Crippen LogP contribution < -0.4 is 5.32 Å². The quantitative estimate of drug-likeness (QED) is 0.0235. The van der Waals surface area contributed by atoms with Crippen molar-refractivity contribution in [1.82, 2.24) is 5.32 Å². The molecule has 0 aliphatic carbocycles. The van der Waals surface area contributed by atoms with Gasteiger partial charge in [-0.15, -0.1) is 0 Å². The van der Waals surface area contributed by atoms with E-state index in [1.54, 1.807) is 6.08 Å². The highest BCUT2D eigenvalue weighted by Gasteiger charge is 2.44. The van der Waals surface area contributed by atoms with E-state index >= 15 is 0 Å². The van der Waals surface area contributed by atoms with Crippen LogP contribution in [0.5, 0.6) is 0 Å². The second-order valence-corrected chi connectivity index (χ2v) is 17.0. The van der Waals surface area contributed by atoms with Gasteiger partial charge in [0, 0.05) is 0 Å². The number of amides is 1. The molecule has 1 aliphatic heterocycles. The van der Waals surface area contributed by atoms with Crippen LogP contribution in [0.4, 0.5) is 0 Å². The number of hydrogen-bond acceptors (Lipinski definition) is 9. The minimum absolute atomic E-state index is 0.308. The monoisotopic (exact) mass is 826 g/mol. The Kier molecular flexibility index (Phi) is 36.3. The molecule has 7 N–H and O–H groups in total. The van der Waals surface area contributed by atoms with Gasteiger partial charge in [-0.05, 0) is 32.1 Å². The number of hydrogen-bond donors (Lipinski definition) is 7. The van der Waals surface area contributed by atoms with Crippen LogP contribution in [0.2, 0.25) is 0 Å². The molecule has 5 unspecified atom stereocenters. The first-order chi connectivity index (χ1) is 28.3. The predicted molar refractivity (Wildman–Crippen MR) is 236 cm³/mol. The van der Waals surface area contributed by atoms with Crippen molar-refractivity contribution in [2.24, 2.45) is 0 Å². The molecule has 1 saturated heterocycles. The van der Waals surface area contributed by atoms with Crippen LogP contribution in [0, 0.1) is 0 Å². The van der Waals surface area contributed by atoms with E-state index < -0.39 is 61.5 Å². The Labute approximate surface area is 354 Å². The number of carbonyl (C=O) groups is 1. The van der Waals surface area contributed by atoms with Crippen molar-refractivity contribution >= 4 is 5.91 Å². The fourth-order valence-corrected chi connectivity index (χ4v) is 7.65. The maximum atomic E-state index is 13.0. The van der Waals surface area contributed by atoms with Crippen molar-refractivity contribution in [3.63, 3.8) is 0 Å². The van der Waals surface area contributed by atoms with Crippen LogP contribution in [0.15, 0.2) is 24.3 Å². The number of rotatable bonds is 40. The van der Waals surface area contributed by atoms with Gasteiger partial charge in [0.1, 0.15) is 30.5 Å². The molecule has 0 radical (unpaired) electrons. The molecule has 1 aliphatic rings. The number of ether oxygens (including phenoxy) is 2. The standard InChI is InChI=1S/C48H91NO9/c1-3-5-7-9-11-13-15-17-18-19-20-21-22-23-25-27-29-31-33-35-37-42(52)47(56)49-40(39-57-48-46(55)45(54)44(53)43(38-50)58-48)41(51)36-34-32-30-28-26-24-16-14-12-10-8-6-4-2/h26,28,34,36,40-46,48,50-55H,3-25,27,29-33,35,37-39H2,1-2H3,(H,49,56)/b28-26+,36-34+/t40?,41?,42?,43?,44-,45-,46?,48-/m1/s1. The van der Waals surface area contributed by atoms with E-state index in [9.17, 15) is 35.4 Å². The molecule has 0 bridgehead atoms. The molecule has 0 aromatic carbocycles. The smallest absolute Gasteiger partial charge is 0.249 e. The van der Waals surface area contributed by atoms with Crippen LogP contribution in [-0.4, -0.2) is 98.7 Å². The molecule has 1 heterocycles. The highest BCUT2D eigenvalue weighted by molar-refractivity contribution is 5.80. The Morgan fingerprint density at radius 2 is 1.02 bits per heavy atom. The molecule has 0 saturated carbocycles. The summed E-state index contributed by atoms with van der Waals surface area (Å²) in [6, 6.07) is -0.992. The summed E-state index contributed by atoms with van der Waals surface area (Å²) < 4.78 is 11.1. The first-order valence-corrected chi connectivity index (χ1v) is 24.2. The Morgan fingerprint density at radius 1 is 0.586 bits per heavy atom. The molecule has 8 atom stereocenters. The van der Waals surface area contributed by atoms with E-state index in [2.05, 4.69) is 31.3 Å². The molecular formula is C48H91NO9. The summed E-state index contributed by atoms with van der Waals surface area (Å²) in [4.78, 5) is 13.0. The summed E-state index contributed by atoms with van der Waals surface area (Å²) in [6.45, 7) is 3.59. The van der Waals surface area contributed by atoms with Gasteiger partial charge in [-0.3, -0.25) is 4.79 Å². The number of aliphatic hydroxyl groups excluding tert-OH is 6. The number of allylic oxidation sites excluding steroid dienone is 3. The third-order valence-electron chi connectivity index (χ3n) is 11.6. The number of carbonyl (C=O) groups excluding carboxylic acids is 1. The molecule has 342 valence electrons. The largest absolute Gasteiger partial charge is 0.394 e. The Hall–Kier alpha value is -1.37. The highest BCUT2D eigenvalue weighted by atomic mass is 16.7. The maximum absolute atomic E-state index is 13.0. The lowest BCUT2D eigenvalue weighted by atomic mass is 9.99. The Morgan fingerprint density at radius 3 is 1.50 bits per heavy atom. The number of aliphatic hydroxyl groups is 6. The summed E-state index contributed by atoms with van der Waals surface area (Å²) in [7, 11) is 0. The second kappa shape index (κ2) is 38.5. The normalized spacial score (nSPS) is 21.6. The van der Waals surface area contributed by atoms with Crippen molar-refractivity contribution < 1.29 is 44.9 Å². The van der Waals surface area contributed by atoms with Gasteiger partial charge >= 0.3 is 0 Å². The Bertz CT molecular complexity index is 979. The van der Waals surface area contributed by atoms with Gasteiger partial charge < -0.3 is 45.4 Å². The first kappa shape index (κ1) is 54.6. The van der Waals surface area contributed by atoms with E-state index in [1.807, 2.05) is 6.08 Å². The van der Waals surface area contributed by atoms with Gasteiger partial charge in [0.05, 0.1) is 25.4 Å². The van der Waals surface area contributed by atoms with E-state index in [1.165, 1.54) is 148 Å². The minimum Gasteiger partial charge on any atom is -0.394 e. The average Bonchev–Trinajstić information content (AvgIpc) is 3.22. The lowest BCUT2D eigenvalue weighted by molar-refractivity contribution is -0.302. The van der Waals surface area contributed by atoms with Crippen LogP contribution in [0.25, 0.3) is 0 Å². The molecule has 0 aromatic rings. The summed E-state index contributed by atoms with van der Waals surface area (Å²) in [5, 5.41) is 64.6. The molecule has 10 heteroatoms. The van der Waals surface area contributed by atoms with Crippen LogP contribution in [0.1, 0.15) is 213 Å². The zero-order valence-corrected chi connectivity index (χ0v) is 37.2. The second-order valence-electron chi connectivity index (χ2n) is 17.0. The number of unbranched alkanes of at least 4 members (excludes halogenated alkanes) is 27. The van der Waals surface area contributed by atoms with E-state index in [0.717, 1.165) is 32.1 Å². The van der Waals surface area contributed by atoms with Gasteiger partial charge in [-0.25, -0.2) is 0 Å². The van der Waals surface area contributed by atoms with Crippen molar-refractivity contribution in [1.29, 1.82) is 0 Å². The summed E-state index contributed by atoms with van der Waals surface area (Å²) in [6.07, 6.45) is 35.6.